The molecule has 0 saturated carbocycles. The molecule has 3 heterocycles. The summed E-state index contributed by atoms with van der Waals surface area (Å²) < 4.78 is 29.4. The lowest BCUT2D eigenvalue weighted by molar-refractivity contribution is -0.0756. The van der Waals surface area contributed by atoms with E-state index in [9.17, 15) is 4.39 Å². The standard InChI is InChI=1S/C37H34FN5O2/c1-42(23-27-12-11-19-31(38)22-27)35-34-36(40-25-39-35)43(26-41-34)33-21-20-32(45-33)24-44-37(28-13-5-2-6-14-28,29-15-7-3-8-16-29)30-17-9-4-10-18-30/h2-19,22,25-26,32-33H,20-21,23-24H2,1H3/t32?,33-/m1/s1. The molecule has 0 amide bonds. The van der Waals surface area contributed by atoms with Gasteiger partial charge in [0, 0.05) is 13.6 Å². The molecule has 7 nitrogen and oxygen atoms in total. The molecule has 4 aromatic carbocycles. The third-order valence-corrected chi connectivity index (χ3v) is 8.43. The highest BCUT2D eigenvalue weighted by Crippen LogP contribution is 2.42. The maximum atomic E-state index is 13.8. The Morgan fingerprint density at radius 2 is 1.47 bits per heavy atom. The van der Waals surface area contributed by atoms with Crippen molar-refractivity contribution in [1.29, 1.82) is 0 Å². The fraction of sp³-hybridized carbons (Fsp3) is 0.216. The van der Waals surface area contributed by atoms with Crippen molar-refractivity contribution in [2.45, 2.75) is 37.3 Å². The minimum absolute atomic E-state index is 0.125. The van der Waals surface area contributed by atoms with Gasteiger partial charge < -0.3 is 14.4 Å². The lowest BCUT2D eigenvalue weighted by atomic mass is 9.80. The molecule has 1 fully saturated rings. The molecule has 0 N–H and O–H groups in total. The summed E-state index contributed by atoms with van der Waals surface area (Å²) in [5.41, 5.74) is 4.60. The van der Waals surface area contributed by atoms with Crippen LogP contribution in [0, 0.1) is 5.82 Å². The second kappa shape index (κ2) is 12.6. The first kappa shape index (κ1) is 28.8. The van der Waals surface area contributed by atoms with E-state index in [0.29, 0.717) is 30.1 Å². The number of fused-ring (bicyclic) bond motifs is 1. The first-order valence-corrected chi connectivity index (χ1v) is 15.2. The summed E-state index contributed by atoms with van der Waals surface area (Å²) in [5.74, 6) is 0.419. The number of aromatic nitrogens is 4. The van der Waals surface area contributed by atoms with E-state index in [-0.39, 0.29) is 18.1 Å². The topological polar surface area (TPSA) is 65.3 Å². The van der Waals surface area contributed by atoms with Gasteiger partial charge in [0.1, 0.15) is 24.0 Å². The van der Waals surface area contributed by atoms with E-state index in [1.165, 1.54) is 12.1 Å². The second-order valence-corrected chi connectivity index (χ2v) is 11.4. The fourth-order valence-electron chi connectivity index (χ4n) is 6.31. The summed E-state index contributed by atoms with van der Waals surface area (Å²) >= 11 is 0. The lowest BCUT2D eigenvalue weighted by Crippen LogP contribution is -2.35. The summed E-state index contributed by atoms with van der Waals surface area (Å²) in [7, 11) is 1.92. The smallest absolute Gasteiger partial charge is 0.167 e. The Hall–Kier alpha value is -4.92. The maximum absolute atomic E-state index is 13.8. The molecule has 0 radical (unpaired) electrons. The van der Waals surface area contributed by atoms with E-state index < -0.39 is 5.60 Å². The van der Waals surface area contributed by atoms with Gasteiger partial charge in [-0.3, -0.25) is 4.57 Å². The Kier molecular flexibility index (Phi) is 8.07. The number of benzene rings is 4. The highest BCUT2D eigenvalue weighted by atomic mass is 19.1. The molecule has 1 aliphatic heterocycles. The number of hydrogen-bond donors (Lipinski definition) is 0. The normalized spacial score (nSPS) is 16.7. The van der Waals surface area contributed by atoms with Gasteiger partial charge in [0.2, 0.25) is 0 Å². The van der Waals surface area contributed by atoms with Gasteiger partial charge >= 0.3 is 0 Å². The zero-order valence-electron chi connectivity index (χ0n) is 25.0. The summed E-state index contributed by atoms with van der Waals surface area (Å²) in [5, 5.41) is 0. The van der Waals surface area contributed by atoms with Gasteiger partial charge in [0.25, 0.3) is 0 Å². The SMILES string of the molecule is CN(Cc1cccc(F)c1)c1ncnc2c1ncn2[C@H]1CCC(COC(c2ccccc2)(c2ccccc2)c2ccccc2)O1. The van der Waals surface area contributed by atoms with Crippen LogP contribution in [0.1, 0.15) is 41.3 Å². The molecule has 0 bridgehead atoms. The molecule has 2 aromatic heterocycles. The molecule has 45 heavy (non-hydrogen) atoms. The summed E-state index contributed by atoms with van der Waals surface area (Å²) in [6.45, 7) is 0.889. The van der Waals surface area contributed by atoms with Crippen LogP contribution in [0.5, 0.6) is 0 Å². The Balaban J connectivity index is 1.13. The van der Waals surface area contributed by atoms with E-state index in [1.54, 1.807) is 18.7 Å². The van der Waals surface area contributed by atoms with Crippen molar-refractivity contribution in [3.8, 4) is 0 Å². The average molecular weight is 600 g/mol. The van der Waals surface area contributed by atoms with Crippen molar-refractivity contribution in [2.24, 2.45) is 0 Å². The largest absolute Gasteiger partial charge is 0.358 e. The van der Waals surface area contributed by atoms with Crippen LogP contribution in [0.2, 0.25) is 0 Å². The van der Waals surface area contributed by atoms with Gasteiger partial charge in [-0.2, -0.15) is 0 Å². The van der Waals surface area contributed by atoms with Gasteiger partial charge in [0.05, 0.1) is 19.0 Å². The van der Waals surface area contributed by atoms with Gasteiger partial charge in [-0.05, 0) is 47.2 Å². The van der Waals surface area contributed by atoms with Gasteiger partial charge in [-0.15, -0.1) is 0 Å². The van der Waals surface area contributed by atoms with Crippen molar-refractivity contribution in [1.82, 2.24) is 19.5 Å². The summed E-state index contributed by atoms with van der Waals surface area (Å²) in [6.07, 6.45) is 4.58. The number of anilines is 1. The predicted molar refractivity (Wildman–Crippen MR) is 172 cm³/mol. The summed E-state index contributed by atoms with van der Waals surface area (Å²) in [6, 6.07) is 37.7. The summed E-state index contributed by atoms with van der Waals surface area (Å²) in [4.78, 5) is 15.7. The molecule has 1 aliphatic rings. The zero-order chi connectivity index (χ0) is 30.6. The quantitative estimate of drug-likeness (QED) is 0.154. The van der Waals surface area contributed by atoms with Crippen molar-refractivity contribution < 1.29 is 13.9 Å². The van der Waals surface area contributed by atoms with E-state index in [0.717, 1.165) is 35.1 Å². The third kappa shape index (κ3) is 5.70. The maximum Gasteiger partial charge on any atom is 0.167 e. The molecule has 6 aromatic rings. The number of nitrogens with zero attached hydrogens (tertiary/aromatic N) is 5. The minimum Gasteiger partial charge on any atom is -0.358 e. The van der Waals surface area contributed by atoms with Crippen LogP contribution in [0.15, 0.2) is 128 Å². The molecule has 0 aliphatic carbocycles. The van der Waals surface area contributed by atoms with E-state index >= 15 is 0 Å². The van der Waals surface area contributed by atoms with Crippen molar-refractivity contribution in [3.05, 3.63) is 156 Å². The lowest BCUT2D eigenvalue weighted by Gasteiger charge is -2.36. The molecule has 1 unspecified atom stereocenters. The van der Waals surface area contributed by atoms with Crippen LogP contribution in [0.25, 0.3) is 11.2 Å². The van der Waals surface area contributed by atoms with Gasteiger partial charge in [-0.25, -0.2) is 19.3 Å². The van der Waals surface area contributed by atoms with Crippen LogP contribution in [0.3, 0.4) is 0 Å². The van der Waals surface area contributed by atoms with Crippen LogP contribution in [-0.4, -0.2) is 39.3 Å². The fourth-order valence-corrected chi connectivity index (χ4v) is 6.31. The molecule has 226 valence electrons. The van der Waals surface area contributed by atoms with Crippen LogP contribution in [-0.2, 0) is 21.6 Å². The van der Waals surface area contributed by atoms with Gasteiger partial charge in [-0.1, -0.05) is 103 Å². The van der Waals surface area contributed by atoms with E-state index in [4.69, 9.17) is 9.47 Å². The Morgan fingerprint density at radius 3 is 2.09 bits per heavy atom. The van der Waals surface area contributed by atoms with Crippen molar-refractivity contribution in [3.63, 3.8) is 0 Å². The van der Waals surface area contributed by atoms with Crippen molar-refractivity contribution >= 4 is 17.0 Å². The van der Waals surface area contributed by atoms with Crippen LogP contribution >= 0.6 is 0 Å². The number of ether oxygens (including phenoxy) is 2. The Bertz CT molecular complexity index is 1770. The molecule has 1 saturated heterocycles. The molecule has 0 spiro atoms. The third-order valence-electron chi connectivity index (χ3n) is 8.43. The average Bonchev–Trinajstić information content (AvgIpc) is 3.74. The van der Waals surface area contributed by atoms with Crippen LogP contribution < -0.4 is 4.90 Å². The van der Waals surface area contributed by atoms with E-state index in [2.05, 4.69) is 87.7 Å². The zero-order valence-corrected chi connectivity index (χ0v) is 25.0. The highest BCUT2D eigenvalue weighted by molar-refractivity contribution is 5.83. The number of halogens is 1. The molecule has 2 atom stereocenters. The Labute approximate surface area is 261 Å². The second-order valence-electron chi connectivity index (χ2n) is 11.4. The molecular formula is C37H34FN5O2. The number of imidazole rings is 1. The van der Waals surface area contributed by atoms with Crippen LogP contribution in [0.4, 0.5) is 10.2 Å². The number of hydrogen-bond acceptors (Lipinski definition) is 6. The van der Waals surface area contributed by atoms with E-state index in [1.807, 2.05) is 40.8 Å². The Morgan fingerprint density at radius 1 is 0.822 bits per heavy atom. The molecule has 7 rings (SSSR count). The van der Waals surface area contributed by atoms with Crippen molar-refractivity contribution in [2.75, 3.05) is 18.6 Å². The highest BCUT2D eigenvalue weighted by Gasteiger charge is 2.39. The molecular weight excluding hydrogens is 565 g/mol. The minimum atomic E-state index is -0.804. The number of rotatable bonds is 10. The predicted octanol–water partition coefficient (Wildman–Crippen LogP) is 7.29. The first-order valence-electron chi connectivity index (χ1n) is 15.2. The first-order chi connectivity index (χ1) is 22.1. The molecule has 8 heteroatoms. The van der Waals surface area contributed by atoms with Gasteiger partial charge in [0.15, 0.2) is 17.0 Å². The monoisotopic (exact) mass is 599 g/mol.